The highest BCUT2D eigenvalue weighted by Gasteiger charge is 2.09. The van der Waals surface area contributed by atoms with Crippen LogP contribution in [0.1, 0.15) is 12.5 Å². The second-order valence-corrected chi connectivity index (χ2v) is 4.31. The summed E-state index contributed by atoms with van der Waals surface area (Å²) >= 11 is 0. The van der Waals surface area contributed by atoms with Crippen LogP contribution in [-0.4, -0.2) is 40.1 Å². The lowest BCUT2D eigenvalue weighted by atomic mass is 10.2. The maximum atomic E-state index is 13.3. The van der Waals surface area contributed by atoms with E-state index in [1.54, 1.807) is 20.3 Å². The van der Waals surface area contributed by atoms with E-state index in [9.17, 15) is 4.39 Å². The Labute approximate surface area is 113 Å². The molecular weight excluding hydrogens is 249 g/mol. The first-order valence-electron chi connectivity index (χ1n) is 6.31. The molecule has 0 saturated carbocycles. The Morgan fingerprint density at radius 3 is 2.74 bits per heavy atom. The van der Waals surface area contributed by atoms with Crippen LogP contribution in [0, 0.1) is 5.82 Å². The van der Waals surface area contributed by atoms with Crippen LogP contribution < -0.4 is 10.1 Å². The molecule has 1 aromatic rings. The van der Waals surface area contributed by atoms with Crippen molar-refractivity contribution in [3.63, 3.8) is 0 Å². The predicted molar refractivity (Wildman–Crippen MR) is 71.9 cm³/mol. The summed E-state index contributed by atoms with van der Waals surface area (Å²) in [6, 6.07) is 4.52. The molecule has 0 bridgehead atoms. The van der Waals surface area contributed by atoms with Gasteiger partial charge in [-0.3, -0.25) is 0 Å². The van der Waals surface area contributed by atoms with E-state index in [4.69, 9.17) is 14.2 Å². The second-order valence-electron chi connectivity index (χ2n) is 4.31. The van der Waals surface area contributed by atoms with E-state index in [0.29, 0.717) is 32.1 Å². The van der Waals surface area contributed by atoms with E-state index in [-0.39, 0.29) is 11.9 Å². The van der Waals surface area contributed by atoms with E-state index < -0.39 is 0 Å². The van der Waals surface area contributed by atoms with Crippen molar-refractivity contribution in [2.75, 3.05) is 34.0 Å². The van der Waals surface area contributed by atoms with Crippen LogP contribution in [0.25, 0.3) is 0 Å². The Hall–Kier alpha value is -1.17. The van der Waals surface area contributed by atoms with E-state index in [1.165, 1.54) is 12.1 Å². The maximum absolute atomic E-state index is 13.3. The van der Waals surface area contributed by atoms with Crippen molar-refractivity contribution in [3.05, 3.63) is 29.6 Å². The first kappa shape index (κ1) is 15.9. The van der Waals surface area contributed by atoms with E-state index in [1.807, 2.05) is 6.92 Å². The molecule has 0 amide bonds. The van der Waals surface area contributed by atoms with Crippen LogP contribution in [0.2, 0.25) is 0 Å². The zero-order valence-electron chi connectivity index (χ0n) is 11.7. The molecule has 1 rings (SSSR count). The Balaban J connectivity index is 2.62. The minimum Gasteiger partial charge on any atom is -0.488 e. The number of methoxy groups -OCH3 is 2. The molecule has 0 aliphatic carbocycles. The molecule has 0 heterocycles. The number of nitrogens with one attached hydrogen (secondary N) is 1. The molecule has 108 valence electrons. The van der Waals surface area contributed by atoms with Crippen molar-refractivity contribution < 1.29 is 18.6 Å². The second kappa shape index (κ2) is 8.85. The average Bonchev–Trinajstić information content (AvgIpc) is 2.38. The fraction of sp³-hybridized carbons (Fsp3) is 0.571. The Bertz CT molecular complexity index is 374. The van der Waals surface area contributed by atoms with Crippen molar-refractivity contribution in [1.82, 2.24) is 5.32 Å². The fourth-order valence-electron chi connectivity index (χ4n) is 1.68. The summed E-state index contributed by atoms with van der Waals surface area (Å²) in [6.07, 6.45) is -0.0758. The molecule has 1 unspecified atom stereocenters. The largest absolute Gasteiger partial charge is 0.488 e. The minimum atomic E-state index is -0.268. The number of halogens is 1. The van der Waals surface area contributed by atoms with Gasteiger partial charge in [-0.05, 0) is 25.1 Å². The third-order valence-electron chi connectivity index (χ3n) is 2.55. The highest BCUT2D eigenvalue weighted by Crippen LogP contribution is 2.21. The molecule has 0 spiro atoms. The zero-order chi connectivity index (χ0) is 14.1. The predicted octanol–water partition coefficient (Wildman–Crippen LogP) is 1.98. The summed E-state index contributed by atoms with van der Waals surface area (Å²) < 4.78 is 29.0. The molecule has 0 radical (unpaired) electrons. The highest BCUT2D eigenvalue weighted by molar-refractivity contribution is 5.34. The van der Waals surface area contributed by atoms with Gasteiger partial charge in [0.2, 0.25) is 0 Å². The molecule has 5 heteroatoms. The van der Waals surface area contributed by atoms with Gasteiger partial charge in [-0.15, -0.1) is 0 Å². The summed E-state index contributed by atoms with van der Waals surface area (Å²) in [7, 11) is 3.27. The van der Waals surface area contributed by atoms with Gasteiger partial charge in [0, 0.05) is 32.9 Å². The molecule has 19 heavy (non-hydrogen) atoms. The summed E-state index contributed by atoms with van der Waals surface area (Å²) in [5, 5.41) is 3.17. The standard InChI is InChI=1S/C14H22FNO3/c1-11(10-18-3)19-14-5-4-13(15)8-12(14)9-16-6-7-17-2/h4-5,8,11,16H,6-7,9-10H2,1-3H3. The number of hydrogen-bond donors (Lipinski definition) is 1. The van der Waals surface area contributed by atoms with Crippen LogP contribution in [0.5, 0.6) is 5.75 Å². The van der Waals surface area contributed by atoms with Crippen LogP contribution in [-0.2, 0) is 16.0 Å². The molecule has 0 aromatic heterocycles. The van der Waals surface area contributed by atoms with E-state index in [0.717, 1.165) is 5.56 Å². The quantitative estimate of drug-likeness (QED) is 0.697. The number of ether oxygens (including phenoxy) is 3. The topological polar surface area (TPSA) is 39.7 Å². The van der Waals surface area contributed by atoms with Gasteiger partial charge in [0.25, 0.3) is 0 Å². The van der Waals surface area contributed by atoms with Crippen molar-refractivity contribution in [2.45, 2.75) is 19.6 Å². The smallest absolute Gasteiger partial charge is 0.124 e. The molecular formula is C14H22FNO3. The van der Waals surface area contributed by atoms with Crippen LogP contribution in [0.4, 0.5) is 4.39 Å². The molecule has 0 fully saturated rings. The van der Waals surface area contributed by atoms with E-state index in [2.05, 4.69) is 5.32 Å². The maximum Gasteiger partial charge on any atom is 0.124 e. The third-order valence-corrected chi connectivity index (χ3v) is 2.55. The Morgan fingerprint density at radius 1 is 1.26 bits per heavy atom. The molecule has 0 aliphatic rings. The Kier molecular flexibility index (Phi) is 7.40. The van der Waals surface area contributed by atoms with Crippen LogP contribution >= 0.6 is 0 Å². The van der Waals surface area contributed by atoms with Crippen molar-refractivity contribution in [3.8, 4) is 5.75 Å². The average molecular weight is 271 g/mol. The normalized spacial score (nSPS) is 12.4. The molecule has 0 aliphatic heterocycles. The van der Waals surface area contributed by atoms with Gasteiger partial charge in [-0.2, -0.15) is 0 Å². The van der Waals surface area contributed by atoms with Crippen molar-refractivity contribution in [1.29, 1.82) is 0 Å². The summed E-state index contributed by atoms with van der Waals surface area (Å²) in [5.41, 5.74) is 0.791. The number of benzene rings is 1. The number of rotatable bonds is 9. The van der Waals surface area contributed by atoms with Gasteiger partial charge in [0.15, 0.2) is 0 Å². The lowest BCUT2D eigenvalue weighted by molar-refractivity contribution is 0.0912. The fourth-order valence-corrected chi connectivity index (χ4v) is 1.68. The van der Waals surface area contributed by atoms with Gasteiger partial charge in [0.1, 0.15) is 17.7 Å². The molecule has 1 N–H and O–H groups in total. The van der Waals surface area contributed by atoms with Gasteiger partial charge < -0.3 is 19.5 Å². The van der Waals surface area contributed by atoms with Crippen LogP contribution in [0.15, 0.2) is 18.2 Å². The lowest BCUT2D eigenvalue weighted by Gasteiger charge is -2.17. The zero-order valence-corrected chi connectivity index (χ0v) is 11.7. The SMILES string of the molecule is COCCNCc1cc(F)ccc1OC(C)COC. The van der Waals surface area contributed by atoms with Gasteiger partial charge >= 0.3 is 0 Å². The highest BCUT2D eigenvalue weighted by atomic mass is 19.1. The third kappa shape index (κ3) is 6.00. The molecule has 1 aromatic carbocycles. The monoisotopic (exact) mass is 271 g/mol. The van der Waals surface area contributed by atoms with Gasteiger partial charge in [-0.25, -0.2) is 4.39 Å². The summed E-state index contributed by atoms with van der Waals surface area (Å²) in [6.45, 7) is 4.27. The van der Waals surface area contributed by atoms with Crippen LogP contribution in [0.3, 0.4) is 0 Å². The summed E-state index contributed by atoms with van der Waals surface area (Å²) in [4.78, 5) is 0. The van der Waals surface area contributed by atoms with Gasteiger partial charge in [0.05, 0.1) is 13.2 Å². The van der Waals surface area contributed by atoms with Crippen molar-refractivity contribution in [2.24, 2.45) is 0 Å². The lowest BCUT2D eigenvalue weighted by Crippen LogP contribution is -2.22. The summed E-state index contributed by atoms with van der Waals surface area (Å²) in [5.74, 6) is 0.408. The molecule has 0 saturated heterocycles. The first-order chi connectivity index (χ1) is 9.17. The number of hydrogen-bond acceptors (Lipinski definition) is 4. The first-order valence-corrected chi connectivity index (χ1v) is 6.31. The van der Waals surface area contributed by atoms with Gasteiger partial charge in [-0.1, -0.05) is 0 Å². The van der Waals surface area contributed by atoms with E-state index >= 15 is 0 Å². The molecule has 1 atom stereocenters. The molecule has 4 nitrogen and oxygen atoms in total. The van der Waals surface area contributed by atoms with Crippen molar-refractivity contribution >= 4 is 0 Å². The Morgan fingerprint density at radius 2 is 2.05 bits per heavy atom. The minimum absolute atomic E-state index is 0.0758.